The number of hydrogen-bond donors (Lipinski definition) is 0. The number of rotatable bonds is 3. The van der Waals surface area contributed by atoms with Crippen LogP contribution in [0.15, 0.2) is 60.7 Å². The molecule has 1 fully saturated rings. The van der Waals surface area contributed by atoms with Gasteiger partial charge in [0.05, 0.1) is 5.56 Å². The zero-order valence-corrected chi connectivity index (χ0v) is 15.6. The molecule has 1 amide bonds. The monoisotopic (exact) mass is 374 g/mol. The Morgan fingerprint density at radius 2 is 1.64 bits per heavy atom. The Kier molecular flexibility index (Phi) is 4.37. The van der Waals surface area contributed by atoms with Crippen molar-refractivity contribution < 1.29 is 14.3 Å². The van der Waals surface area contributed by atoms with Gasteiger partial charge in [-0.15, -0.1) is 0 Å². The largest absolute Gasteiger partial charge is 0.454 e. The molecule has 0 aromatic heterocycles. The van der Waals surface area contributed by atoms with Crippen molar-refractivity contribution in [2.24, 2.45) is 0 Å². The Morgan fingerprint density at radius 1 is 0.857 bits per heavy atom. The fraction of sp³-hybridized carbons (Fsp3) is 0.261. The second kappa shape index (κ2) is 7.17. The van der Waals surface area contributed by atoms with Gasteiger partial charge < -0.3 is 14.4 Å². The van der Waals surface area contributed by atoms with E-state index in [4.69, 9.17) is 9.47 Å². The SMILES string of the molecule is O=C(c1cccc2c1OCO2)N1CCN(Cc2cccc3ccccc23)CC1. The van der Waals surface area contributed by atoms with Gasteiger partial charge in [0.15, 0.2) is 11.5 Å². The van der Waals surface area contributed by atoms with Crippen molar-refractivity contribution >= 4 is 16.7 Å². The molecule has 142 valence electrons. The van der Waals surface area contributed by atoms with Crippen LogP contribution in [0.25, 0.3) is 10.8 Å². The van der Waals surface area contributed by atoms with Crippen molar-refractivity contribution in [1.82, 2.24) is 9.80 Å². The minimum Gasteiger partial charge on any atom is -0.454 e. The van der Waals surface area contributed by atoms with Gasteiger partial charge in [0.1, 0.15) is 0 Å². The van der Waals surface area contributed by atoms with E-state index < -0.39 is 0 Å². The number of hydrogen-bond acceptors (Lipinski definition) is 4. The van der Waals surface area contributed by atoms with E-state index in [1.54, 1.807) is 0 Å². The van der Waals surface area contributed by atoms with Crippen LogP contribution in [0, 0.1) is 0 Å². The first-order valence-electron chi connectivity index (χ1n) is 9.66. The van der Waals surface area contributed by atoms with Crippen LogP contribution < -0.4 is 9.47 Å². The summed E-state index contributed by atoms with van der Waals surface area (Å²) >= 11 is 0. The first-order chi connectivity index (χ1) is 13.8. The molecule has 1 saturated heterocycles. The Hall–Kier alpha value is -3.05. The highest BCUT2D eigenvalue weighted by Crippen LogP contribution is 2.36. The summed E-state index contributed by atoms with van der Waals surface area (Å²) in [6.07, 6.45) is 0. The number of benzene rings is 3. The van der Waals surface area contributed by atoms with E-state index in [-0.39, 0.29) is 12.7 Å². The quantitative estimate of drug-likeness (QED) is 0.703. The summed E-state index contributed by atoms with van der Waals surface area (Å²) in [4.78, 5) is 17.3. The molecule has 0 spiro atoms. The van der Waals surface area contributed by atoms with Crippen LogP contribution >= 0.6 is 0 Å². The van der Waals surface area contributed by atoms with Crippen LogP contribution in [0.3, 0.4) is 0 Å². The van der Waals surface area contributed by atoms with Gasteiger partial charge in [0.2, 0.25) is 6.79 Å². The number of para-hydroxylation sites is 1. The summed E-state index contributed by atoms with van der Waals surface area (Å²) in [5, 5.41) is 2.58. The van der Waals surface area contributed by atoms with Gasteiger partial charge in [-0.3, -0.25) is 9.69 Å². The van der Waals surface area contributed by atoms with E-state index >= 15 is 0 Å². The van der Waals surface area contributed by atoms with Gasteiger partial charge in [-0.25, -0.2) is 0 Å². The van der Waals surface area contributed by atoms with Crippen LogP contribution in [0.1, 0.15) is 15.9 Å². The minimum atomic E-state index is 0.0205. The van der Waals surface area contributed by atoms with Crippen LogP contribution in [-0.4, -0.2) is 48.7 Å². The topological polar surface area (TPSA) is 42.0 Å². The van der Waals surface area contributed by atoms with Gasteiger partial charge >= 0.3 is 0 Å². The molecule has 0 radical (unpaired) electrons. The van der Waals surface area contributed by atoms with Gasteiger partial charge in [-0.2, -0.15) is 0 Å². The summed E-state index contributed by atoms with van der Waals surface area (Å²) in [5.74, 6) is 1.25. The van der Waals surface area contributed by atoms with Crippen LogP contribution in [0.4, 0.5) is 0 Å². The van der Waals surface area contributed by atoms with Crippen molar-refractivity contribution in [2.75, 3.05) is 33.0 Å². The second-order valence-corrected chi connectivity index (χ2v) is 7.25. The van der Waals surface area contributed by atoms with Crippen molar-refractivity contribution in [1.29, 1.82) is 0 Å². The molecule has 0 saturated carbocycles. The van der Waals surface area contributed by atoms with Crippen molar-refractivity contribution in [3.05, 3.63) is 71.8 Å². The highest BCUT2D eigenvalue weighted by Gasteiger charge is 2.27. The maximum absolute atomic E-state index is 13.0. The number of ether oxygens (including phenoxy) is 2. The standard InChI is InChI=1S/C23H22N2O3/c26-23(20-9-4-10-21-22(20)28-16-27-21)25-13-11-24(12-14-25)15-18-7-3-6-17-5-1-2-8-19(17)18/h1-10H,11-16H2. The maximum atomic E-state index is 13.0. The molecule has 2 aliphatic heterocycles. The normalized spacial score (nSPS) is 16.5. The highest BCUT2D eigenvalue weighted by molar-refractivity contribution is 5.98. The lowest BCUT2D eigenvalue weighted by Gasteiger charge is -2.35. The predicted molar refractivity (Wildman–Crippen MR) is 108 cm³/mol. The maximum Gasteiger partial charge on any atom is 0.257 e. The van der Waals surface area contributed by atoms with Gasteiger partial charge in [-0.05, 0) is 28.5 Å². The molecule has 5 heteroatoms. The minimum absolute atomic E-state index is 0.0205. The highest BCUT2D eigenvalue weighted by atomic mass is 16.7. The molecule has 3 aromatic carbocycles. The van der Waals surface area contributed by atoms with Gasteiger partial charge in [0, 0.05) is 32.7 Å². The number of carbonyl (C=O) groups excluding carboxylic acids is 1. The molecule has 28 heavy (non-hydrogen) atoms. The van der Waals surface area contributed by atoms with Gasteiger partial charge in [0.25, 0.3) is 5.91 Å². The molecule has 0 bridgehead atoms. The average Bonchev–Trinajstić information content (AvgIpc) is 3.23. The smallest absolute Gasteiger partial charge is 0.257 e. The Balaban J connectivity index is 1.27. The van der Waals surface area contributed by atoms with Gasteiger partial charge in [-0.1, -0.05) is 48.5 Å². The number of fused-ring (bicyclic) bond motifs is 2. The third kappa shape index (κ3) is 3.08. The summed E-state index contributed by atoms with van der Waals surface area (Å²) in [6.45, 7) is 4.24. The van der Waals surface area contributed by atoms with Crippen molar-refractivity contribution in [3.63, 3.8) is 0 Å². The zero-order chi connectivity index (χ0) is 18.9. The number of nitrogens with zero attached hydrogens (tertiary/aromatic N) is 2. The van der Waals surface area contributed by atoms with Crippen LogP contribution in [0.5, 0.6) is 11.5 Å². The molecule has 5 nitrogen and oxygen atoms in total. The number of amides is 1. The summed E-state index contributed by atoms with van der Waals surface area (Å²) in [7, 11) is 0. The fourth-order valence-electron chi connectivity index (χ4n) is 4.05. The molecule has 3 aromatic rings. The average molecular weight is 374 g/mol. The Morgan fingerprint density at radius 3 is 2.54 bits per heavy atom. The molecular weight excluding hydrogens is 352 g/mol. The Bertz CT molecular complexity index is 1020. The van der Waals surface area contributed by atoms with E-state index in [0.717, 1.165) is 19.6 Å². The van der Waals surface area contributed by atoms with E-state index in [2.05, 4.69) is 47.4 Å². The molecule has 5 rings (SSSR count). The van der Waals surface area contributed by atoms with Crippen LogP contribution in [-0.2, 0) is 6.54 Å². The second-order valence-electron chi connectivity index (χ2n) is 7.25. The zero-order valence-electron chi connectivity index (χ0n) is 15.6. The summed E-state index contributed by atoms with van der Waals surface area (Å²) in [5.41, 5.74) is 1.93. The lowest BCUT2D eigenvalue weighted by molar-refractivity contribution is 0.0624. The van der Waals surface area contributed by atoms with Crippen LogP contribution in [0.2, 0.25) is 0 Å². The summed E-state index contributed by atoms with van der Waals surface area (Å²) < 4.78 is 10.9. The molecule has 0 aliphatic carbocycles. The fourth-order valence-corrected chi connectivity index (χ4v) is 4.05. The molecule has 0 unspecified atom stereocenters. The third-order valence-electron chi connectivity index (χ3n) is 5.56. The predicted octanol–water partition coefficient (Wildman–Crippen LogP) is 3.53. The molecule has 0 N–H and O–H groups in total. The first kappa shape index (κ1) is 17.1. The van der Waals surface area contributed by atoms with Crippen molar-refractivity contribution in [3.8, 4) is 11.5 Å². The van der Waals surface area contributed by atoms with E-state index in [1.165, 1.54) is 16.3 Å². The number of piperazine rings is 1. The lowest BCUT2D eigenvalue weighted by atomic mass is 10.0. The molecule has 2 aliphatic rings. The molecular formula is C23H22N2O3. The molecule has 2 heterocycles. The Labute approximate surface area is 164 Å². The molecule has 0 atom stereocenters. The third-order valence-corrected chi connectivity index (χ3v) is 5.56. The van der Waals surface area contributed by atoms with E-state index in [0.29, 0.717) is 30.2 Å². The van der Waals surface area contributed by atoms with Crippen molar-refractivity contribution in [2.45, 2.75) is 6.54 Å². The lowest BCUT2D eigenvalue weighted by Crippen LogP contribution is -2.48. The first-order valence-corrected chi connectivity index (χ1v) is 9.66. The van der Waals surface area contributed by atoms with E-state index in [1.807, 2.05) is 23.1 Å². The number of carbonyl (C=O) groups is 1. The summed E-state index contributed by atoms with van der Waals surface area (Å²) in [6, 6.07) is 20.5. The van der Waals surface area contributed by atoms with E-state index in [9.17, 15) is 4.79 Å².